The molecular weight excluding hydrogens is 348 g/mol. The van der Waals surface area contributed by atoms with Gasteiger partial charge in [0.1, 0.15) is 0 Å². The number of hydrogen-bond donors (Lipinski definition) is 1. The van der Waals surface area contributed by atoms with Crippen molar-refractivity contribution in [1.29, 1.82) is 0 Å². The van der Waals surface area contributed by atoms with Gasteiger partial charge in [0.2, 0.25) is 5.91 Å². The van der Waals surface area contributed by atoms with E-state index in [1.54, 1.807) is 37.3 Å². The van der Waals surface area contributed by atoms with Crippen LogP contribution in [0.4, 0.5) is 11.4 Å². The fourth-order valence-corrected chi connectivity index (χ4v) is 3.91. The Labute approximate surface area is 147 Å². The smallest absolute Gasteiger partial charge is 0.264 e. The number of aryl methyl sites for hydroxylation is 1. The second-order valence-electron chi connectivity index (χ2n) is 5.31. The molecule has 7 heteroatoms. The van der Waals surface area contributed by atoms with Crippen molar-refractivity contribution in [2.45, 2.75) is 25.7 Å². The SMILES string of the molecule is CCN(c1ccc(C)c(Cl)c1)S(=O)(=O)c1ccc(NC(C)=O)cc1. The first-order valence-electron chi connectivity index (χ1n) is 7.42. The largest absolute Gasteiger partial charge is 0.326 e. The highest BCUT2D eigenvalue weighted by Crippen LogP contribution is 2.28. The predicted molar refractivity (Wildman–Crippen MR) is 97.1 cm³/mol. The molecule has 24 heavy (non-hydrogen) atoms. The van der Waals surface area contributed by atoms with Crippen molar-refractivity contribution in [3.05, 3.63) is 53.1 Å². The van der Waals surface area contributed by atoms with Gasteiger partial charge in [0.05, 0.1) is 10.6 Å². The molecule has 0 unspecified atom stereocenters. The summed E-state index contributed by atoms with van der Waals surface area (Å²) in [4.78, 5) is 11.2. The van der Waals surface area contributed by atoms with E-state index in [1.807, 2.05) is 6.92 Å². The molecule has 0 spiro atoms. The van der Waals surface area contributed by atoms with Crippen molar-refractivity contribution in [2.75, 3.05) is 16.2 Å². The highest BCUT2D eigenvalue weighted by atomic mass is 35.5. The summed E-state index contributed by atoms with van der Waals surface area (Å²) in [5.74, 6) is -0.213. The normalized spacial score (nSPS) is 11.2. The van der Waals surface area contributed by atoms with E-state index in [2.05, 4.69) is 5.32 Å². The van der Waals surface area contributed by atoms with Gasteiger partial charge in [0.15, 0.2) is 0 Å². The Hall–Kier alpha value is -2.05. The fourth-order valence-electron chi connectivity index (χ4n) is 2.27. The Morgan fingerprint density at radius 1 is 1.17 bits per heavy atom. The number of sulfonamides is 1. The molecular formula is C17H19ClN2O3S. The van der Waals surface area contributed by atoms with Gasteiger partial charge in [-0.2, -0.15) is 0 Å². The van der Waals surface area contributed by atoms with Crippen LogP contribution in [0.25, 0.3) is 0 Å². The summed E-state index contributed by atoms with van der Waals surface area (Å²) in [6, 6.07) is 11.2. The van der Waals surface area contributed by atoms with Gasteiger partial charge in [-0.3, -0.25) is 9.10 Å². The maximum Gasteiger partial charge on any atom is 0.264 e. The molecule has 0 fully saturated rings. The Morgan fingerprint density at radius 3 is 2.29 bits per heavy atom. The van der Waals surface area contributed by atoms with Crippen LogP contribution in [0.15, 0.2) is 47.4 Å². The summed E-state index contributed by atoms with van der Waals surface area (Å²) < 4.78 is 27.1. The number of amides is 1. The van der Waals surface area contributed by atoms with Gasteiger partial charge in [-0.1, -0.05) is 17.7 Å². The number of nitrogens with zero attached hydrogens (tertiary/aromatic N) is 1. The zero-order valence-electron chi connectivity index (χ0n) is 13.7. The summed E-state index contributed by atoms with van der Waals surface area (Å²) in [7, 11) is -3.72. The second-order valence-corrected chi connectivity index (χ2v) is 7.58. The van der Waals surface area contributed by atoms with E-state index in [0.717, 1.165) is 5.56 Å². The molecule has 0 saturated heterocycles. The number of nitrogens with one attached hydrogen (secondary N) is 1. The summed E-state index contributed by atoms with van der Waals surface area (Å²) >= 11 is 6.12. The fraction of sp³-hybridized carbons (Fsp3) is 0.235. The molecule has 1 amide bonds. The first kappa shape index (κ1) is 18.3. The number of carbonyl (C=O) groups excluding carboxylic acids is 1. The minimum Gasteiger partial charge on any atom is -0.326 e. The lowest BCUT2D eigenvalue weighted by Gasteiger charge is -2.23. The number of carbonyl (C=O) groups is 1. The van der Waals surface area contributed by atoms with Crippen LogP contribution in [0.1, 0.15) is 19.4 Å². The summed E-state index contributed by atoms with van der Waals surface area (Å²) in [6.45, 7) is 5.29. The zero-order valence-corrected chi connectivity index (χ0v) is 15.3. The van der Waals surface area contributed by atoms with Crippen LogP contribution in [0.5, 0.6) is 0 Å². The van der Waals surface area contributed by atoms with E-state index in [4.69, 9.17) is 11.6 Å². The van der Waals surface area contributed by atoms with Gasteiger partial charge in [0, 0.05) is 24.2 Å². The molecule has 0 atom stereocenters. The van der Waals surface area contributed by atoms with Crippen molar-refractivity contribution in [3.63, 3.8) is 0 Å². The van der Waals surface area contributed by atoms with E-state index in [-0.39, 0.29) is 17.3 Å². The van der Waals surface area contributed by atoms with E-state index in [9.17, 15) is 13.2 Å². The molecule has 0 aliphatic rings. The first-order valence-corrected chi connectivity index (χ1v) is 9.24. The molecule has 5 nitrogen and oxygen atoms in total. The van der Waals surface area contributed by atoms with Gasteiger partial charge in [-0.25, -0.2) is 8.42 Å². The van der Waals surface area contributed by atoms with Crippen molar-refractivity contribution in [1.82, 2.24) is 0 Å². The molecule has 0 aromatic heterocycles. The lowest BCUT2D eigenvalue weighted by Crippen LogP contribution is -2.30. The van der Waals surface area contributed by atoms with Crippen molar-refractivity contribution in [2.24, 2.45) is 0 Å². The average Bonchev–Trinajstić information content (AvgIpc) is 2.51. The Kier molecular flexibility index (Phi) is 5.51. The van der Waals surface area contributed by atoms with Crippen LogP contribution < -0.4 is 9.62 Å². The van der Waals surface area contributed by atoms with Crippen LogP contribution in [0.3, 0.4) is 0 Å². The molecule has 0 aliphatic heterocycles. The van der Waals surface area contributed by atoms with Crippen LogP contribution in [-0.2, 0) is 14.8 Å². The van der Waals surface area contributed by atoms with Gasteiger partial charge in [-0.05, 0) is 55.8 Å². The third kappa shape index (κ3) is 3.88. The van der Waals surface area contributed by atoms with E-state index >= 15 is 0 Å². The number of benzene rings is 2. The zero-order chi connectivity index (χ0) is 17.9. The standard InChI is InChI=1S/C17H19ClN2O3S/c1-4-20(15-8-5-12(2)17(18)11-15)24(22,23)16-9-6-14(7-10-16)19-13(3)21/h5-11H,4H2,1-3H3,(H,19,21). The minimum absolute atomic E-state index is 0.148. The highest BCUT2D eigenvalue weighted by Gasteiger charge is 2.24. The van der Waals surface area contributed by atoms with Gasteiger partial charge in [0.25, 0.3) is 10.0 Å². The summed E-state index contributed by atoms with van der Waals surface area (Å²) in [5, 5.41) is 3.12. The molecule has 2 rings (SSSR count). The average molecular weight is 367 g/mol. The number of hydrogen-bond acceptors (Lipinski definition) is 3. The quantitative estimate of drug-likeness (QED) is 0.874. The Balaban J connectivity index is 2.39. The lowest BCUT2D eigenvalue weighted by molar-refractivity contribution is -0.114. The molecule has 0 aliphatic carbocycles. The molecule has 0 bridgehead atoms. The van der Waals surface area contributed by atoms with Crippen molar-refractivity contribution in [3.8, 4) is 0 Å². The second kappa shape index (κ2) is 7.23. The summed E-state index contributed by atoms with van der Waals surface area (Å²) in [6.07, 6.45) is 0. The molecule has 1 N–H and O–H groups in total. The summed E-state index contributed by atoms with van der Waals surface area (Å²) in [5.41, 5.74) is 1.94. The third-order valence-electron chi connectivity index (χ3n) is 3.49. The predicted octanol–water partition coefficient (Wildman–Crippen LogP) is 3.82. The van der Waals surface area contributed by atoms with Gasteiger partial charge < -0.3 is 5.32 Å². The first-order chi connectivity index (χ1) is 11.3. The van der Waals surface area contributed by atoms with Gasteiger partial charge in [-0.15, -0.1) is 0 Å². The Morgan fingerprint density at radius 2 is 1.79 bits per heavy atom. The molecule has 0 radical (unpaired) electrons. The third-order valence-corrected chi connectivity index (χ3v) is 5.82. The van der Waals surface area contributed by atoms with Gasteiger partial charge >= 0.3 is 0 Å². The van der Waals surface area contributed by atoms with Crippen molar-refractivity contribution < 1.29 is 13.2 Å². The van der Waals surface area contributed by atoms with Crippen LogP contribution in [0, 0.1) is 6.92 Å². The lowest BCUT2D eigenvalue weighted by atomic mass is 10.2. The maximum absolute atomic E-state index is 12.9. The van der Waals surface area contributed by atoms with E-state index in [1.165, 1.54) is 23.4 Å². The molecule has 128 valence electrons. The topological polar surface area (TPSA) is 66.5 Å². The van der Waals surface area contributed by atoms with Crippen molar-refractivity contribution >= 4 is 38.9 Å². The number of rotatable bonds is 5. The number of halogens is 1. The molecule has 2 aromatic rings. The van der Waals surface area contributed by atoms with E-state index in [0.29, 0.717) is 16.4 Å². The molecule has 0 saturated carbocycles. The number of anilines is 2. The monoisotopic (exact) mass is 366 g/mol. The van der Waals surface area contributed by atoms with Crippen LogP contribution >= 0.6 is 11.6 Å². The van der Waals surface area contributed by atoms with Crippen LogP contribution in [0.2, 0.25) is 5.02 Å². The highest BCUT2D eigenvalue weighted by molar-refractivity contribution is 7.92. The van der Waals surface area contributed by atoms with E-state index < -0.39 is 10.0 Å². The van der Waals surface area contributed by atoms with Crippen LogP contribution in [-0.4, -0.2) is 20.9 Å². The molecule has 0 heterocycles. The maximum atomic E-state index is 12.9. The Bertz CT molecular complexity index is 849. The minimum atomic E-state index is -3.72. The molecule has 2 aromatic carbocycles.